The summed E-state index contributed by atoms with van der Waals surface area (Å²) in [6, 6.07) is 3.29. The minimum Gasteiger partial charge on any atom is -0.350 e. The fraction of sp³-hybridized carbons (Fsp3) is 0.429. The molecule has 1 N–H and O–H groups in total. The van der Waals surface area contributed by atoms with Crippen LogP contribution >= 0.6 is 23.2 Å². The standard InChI is InChI=1S/C14H15Cl2F2N3O2/c1-20-6-11(21(14(20)23)7-12(17)18)13(22)19-5-8-2-3-9(15)4-10(8)16/h2-4,11-12H,5-7H2,1H3,(H,19,22)/t11-/m0/s1. The molecular weight excluding hydrogens is 351 g/mol. The number of hydrogen-bond donors (Lipinski definition) is 1. The van der Waals surface area contributed by atoms with Crippen LogP contribution in [0, 0.1) is 0 Å². The molecule has 3 amide bonds. The number of nitrogens with one attached hydrogen (secondary N) is 1. The molecule has 1 aromatic rings. The summed E-state index contributed by atoms with van der Waals surface area (Å²) in [6.45, 7) is -0.597. The summed E-state index contributed by atoms with van der Waals surface area (Å²) in [5, 5.41) is 3.47. The second-order valence-corrected chi connectivity index (χ2v) is 6.02. The quantitative estimate of drug-likeness (QED) is 0.871. The number of amides is 3. The van der Waals surface area contributed by atoms with Crippen LogP contribution in [0.3, 0.4) is 0 Å². The van der Waals surface area contributed by atoms with Crippen LogP contribution in [0.1, 0.15) is 5.56 Å². The minimum absolute atomic E-state index is 0.0612. The van der Waals surface area contributed by atoms with E-state index in [2.05, 4.69) is 5.32 Å². The highest BCUT2D eigenvalue weighted by atomic mass is 35.5. The molecule has 5 nitrogen and oxygen atoms in total. The van der Waals surface area contributed by atoms with Gasteiger partial charge in [-0.2, -0.15) is 0 Å². The van der Waals surface area contributed by atoms with Crippen LogP contribution in [-0.4, -0.2) is 54.3 Å². The second kappa shape index (κ2) is 7.31. The lowest BCUT2D eigenvalue weighted by Crippen LogP contribution is -2.47. The Kier molecular flexibility index (Phi) is 5.64. The van der Waals surface area contributed by atoms with E-state index >= 15 is 0 Å². The molecule has 0 bridgehead atoms. The first kappa shape index (κ1) is 17.7. The van der Waals surface area contributed by atoms with Crippen LogP contribution in [0.15, 0.2) is 18.2 Å². The van der Waals surface area contributed by atoms with E-state index in [9.17, 15) is 18.4 Å². The first-order chi connectivity index (χ1) is 10.8. The van der Waals surface area contributed by atoms with Crippen LogP contribution in [0.2, 0.25) is 10.0 Å². The molecule has 0 aliphatic carbocycles. The van der Waals surface area contributed by atoms with Gasteiger partial charge in [0, 0.05) is 23.6 Å². The Labute approximate surface area is 142 Å². The lowest BCUT2D eigenvalue weighted by Gasteiger charge is -2.22. The van der Waals surface area contributed by atoms with E-state index in [1.54, 1.807) is 18.2 Å². The molecule has 1 aliphatic rings. The highest BCUT2D eigenvalue weighted by Gasteiger charge is 2.40. The smallest absolute Gasteiger partial charge is 0.320 e. The van der Waals surface area contributed by atoms with E-state index in [4.69, 9.17) is 23.2 Å². The van der Waals surface area contributed by atoms with Crippen LogP contribution < -0.4 is 5.32 Å². The first-order valence-corrected chi connectivity index (χ1v) is 7.56. The largest absolute Gasteiger partial charge is 0.350 e. The van der Waals surface area contributed by atoms with Crippen molar-refractivity contribution in [1.82, 2.24) is 15.1 Å². The molecule has 0 radical (unpaired) electrons. The molecule has 0 unspecified atom stereocenters. The molecule has 0 saturated carbocycles. The highest BCUT2D eigenvalue weighted by Crippen LogP contribution is 2.21. The van der Waals surface area contributed by atoms with Gasteiger partial charge in [-0.25, -0.2) is 13.6 Å². The van der Waals surface area contributed by atoms with Gasteiger partial charge in [-0.05, 0) is 17.7 Å². The third-order valence-corrected chi connectivity index (χ3v) is 4.09. The van der Waals surface area contributed by atoms with Gasteiger partial charge in [0.2, 0.25) is 5.91 Å². The highest BCUT2D eigenvalue weighted by molar-refractivity contribution is 6.35. The summed E-state index contributed by atoms with van der Waals surface area (Å²) in [5.74, 6) is -0.505. The Hall–Kier alpha value is -1.60. The average Bonchev–Trinajstić information content (AvgIpc) is 2.74. The summed E-state index contributed by atoms with van der Waals surface area (Å²) in [4.78, 5) is 26.2. The van der Waals surface area contributed by atoms with Crippen molar-refractivity contribution in [3.63, 3.8) is 0 Å². The second-order valence-electron chi connectivity index (χ2n) is 5.18. The molecule has 1 aromatic carbocycles. The number of nitrogens with zero attached hydrogens (tertiary/aromatic N) is 2. The van der Waals surface area contributed by atoms with E-state index in [0.717, 1.165) is 4.90 Å². The summed E-state index contributed by atoms with van der Waals surface area (Å²) in [6.07, 6.45) is -2.70. The van der Waals surface area contributed by atoms with E-state index in [-0.39, 0.29) is 13.1 Å². The fourth-order valence-corrected chi connectivity index (χ4v) is 2.81. The van der Waals surface area contributed by atoms with Gasteiger partial charge in [-0.15, -0.1) is 0 Å². The third-order valence-electron chi connectivity index (χ3n) is 3.50. The molecule has 2 rings (SSSR count). The predicted octanol–water partition coefficient (Wildman–Crippen LogP) is 2.61. The molecule has 1 saturated heterocycles. The van der Waals surface area contributed by atoms with Crippen molar-refractivity contribution < 1.29 is 18.4 Å². The molecule has 9 heteroatoms. The molecule has 23 heavy (non-hydrogen) atoms. The lowest BCUT2D eigenvalue weighted by atomic mass is 10.2. The Balaban J connectivity index is 2.02. The van der Waals surface area contributed by atoms with E-state index in [1.807, 2.05) is 0 Å². The fourth-order valence-electron chi connectivity index (χ4n) is 2.33. The molecule has 0 aromatic heterocycles. The molecule has 0 spiro atoms. The van der Waals surface area contributed by atoms with Gasteiger partial charge < -0.3 is 15.1 Å². The number of alkyl halides is 2. The van der Waals surface area contributed by atoms with E-state index in [0.29, 0.717) is 15.6 Å². The van der Waals surface area contributed by atoms with Gasteiger partial charge >= 0.3 is 6.03 Å². The molecule has 1 fully saturated rings. The Morgan fingerprint density at radius 1 is 1.43 bits per heavy atom. The van der Waals surface area contributed by atoms with Crippen molar-refractivity contribution in [2.45, 2.75) is 19.0 Å². The number of rotatable bonds is 5. The monoisotopic (exact) mass is 365 g/mol. The number of benzene rings is 1. The SMILES string of the molecule is CN1C[C@@H](C(=O)NCc2ccc(Cl)cc2Cl)N(CC(F)F)C1=O. The lowest BCUT2D eigenvalue weighted by molar-refractivity contribution is -0.125. The number of carbonyl (C=O) groups is 2. The van der Waals surface area contributed by atoms with Gasteiger partial charge in [0.1, 0.15) is 6.04 Å². The Morgan fingerprint density at radius 2 is 2.13 bits per heavy atom. The molecule has 126 valence electrons. The minimum atomic E-state index is -2.70. The van der Waals surface area contributed by atoms with Crippen molar-refractivity contribution in [2.24, 2.45) is 0 Å². The molecule has 1 aliphatic heterocycles. The van der Waals surface area contributed by atoms with Crippen LogP contribution in [0.25, 0.3) is 0 Å². The number of urea groups is 1. The van der Waals surface area contributed by atoms with Crippen molar-refractivity contribution in [3.05, 3.63) is 33.8 Å². The third kappa shape index (κ3) is 4.23. The van der Waals surface area contributed by atoms with Crippen molar-refractivity contribution in [3.8, 4) is 0 Å². The van der Waals surface area contributed by atoms with E-state index in [1.165, 1.54) is 11.9 Å². The zero-order chi connectivity index (χ0) is 17.1. The normalized spacial score (nSPS) is 18.0. The summed E-state index contributed by atoms with van der Waals surface area (Å²) in [5.41, 5.74) is 0.641. The number of likely N-dealkylation sites (N-methyl/N-ethyl adjacent to an activating group) is 1. The van der Waals surface area contributed by atoms with Crippen molar-refractivity contribution in [2.75, 3.05) is 20.1 Å². The van der Waals surface area contributed by atoms with Crippen molar-refractivity contribution >= 4 is 35.1 Å². The number of halogens is 4. The predicted molar refractivity (Wildman–Crippen MR) is 82.8 cm³/mol. The van der Waals surface area contributed by atoms with E-state index < -0.39 is 31.0 Å². The van der Waals surface area contributed by atoms with Crippen molar-refractivity contribution in [1.29, 1.82) is 0 Å². The summed E-state index contributed by atoms with van der Waals surface area (Å²) < 4.78 is 25.2. The van der Waals surface area contributed by atoms with Gasteiger partial charge in [0.05, 0.1) is 13.1 Å². The topological polar surface area (TPSA) is 52.7 Å². The molecule has 1 atom stereocenters. The summed E-state index contributed by atoms with van der Waals surface area (Å²) in [7, 11) is 1.46. The zero-order valence-corrected chi connectivity index (χ0v) is 13.7. The maximum Gasteiger partial charge on any atom is 0.320 e. The molecular formula is C14H15Cl2F2N3O2. The Bertz CT molecular complexity index is 616. The van der Waals surface area contributed by atoms with Gasteiger partial charge in [0.25, 0.3) is 6.43 Å². The van der Waals surface area contributed by atoms with Gasteiger partial charge in [0.15, 0.2) is 0 Å². The van der Waals surface area contributed by atoms with Crippen LogP contribution in [0.4, 0.5) is 13.6 Å². The Morgan fingerprint density at radius 3 is 2.74 bits per heavy atom. The van der Waals surface area contributed by atoms with Crippen LogP contribution in [-0.2, 0) is 11.3 Å². The maximum absolute atomic E-state index is 12.6. The summed E-state index contributed by atoms with van der Waals surface area (Å²) >= 11 is 11.8. The zero-order valence-electron chi connectivity index (χ0n) is 12.2. The van der Waals surface area contributed by atoms with Crippen LogP contribution in [0.5, 0.6) is 0 Å². The average molecular weight is 366 g/mol. The van der Waals surface area contributed by atoms with Gasteiger partial charge in [-0.3, -0.25) is 4.79 Å². The number of carbonyl (C=O) groups excluding carboxylic acids is 2. The molecule has 1 heterocycles. The number of hydrogen-bond acceptors (Lipinski definition) is 2. The first-order valence-electron chi connectivity index (χ1n) is 6.81. The van der Waals surface area contributed by atoms with Gasteiger partial charge in [-0.1, -0.05) is 29.3 Å². The maximum atomic E-state index is 12.6.